The van der Waals surface area contributed by atoms with Gasteiger partial charge in [0.05, 0.1) is 5.69 Å². The molecule has 3 aromatic rings. The number of amides is 1. The summed E-state index contributed by atoms with van der Waals surface area (Å²) in [5.41, 5.74) is 0.204. The van der Waals surface area contributed by atoms with Crippen molar-refractivity contribution >= 4 is 17.2 Å². The van der Waals surface area contributed by atoms with E-state index >= 15 is 0 Å². The molecular formula is C14H8F3N3O. The summed E-state index contributed by atoms with van der Waals surface area (Å²) >= 11 is 0. The van der Waals surface area contributed by atoms with E-state index in [1.807, 2.05) is 0 Å². The molecule has 7 heteroatoms. The molecule has 4 nitrogen and oxygen atoms in total. The molecule has 0 aliphatic carbocycles. The number of hydrogen-bond acceptors (Lipinski definition) is 2. The van der Waals surface area contributed by atoms with E-state index in [0.29, 0.717) is 11.7 Å². The van der Waals surface area contributed by atoms with Crippen molar-refractivity contribution in [3.63, 3.8) is 0 Å². The van der Waals surface area contributed by atoms with Gasteiger partial charge < -0.3 is 9.72 Å². The number of hydrogen-bond donors (Lipinski definition) is 1. The Morgan fingerprint density at radius 2 is 1.81 bits per heavy atom. The smallest absolute Gasteiger partial charge is 0.275 e. The molecule has 2 heterocycles. The van der Waals surface area contributed by atoms with Crippen LogP contribution in [-0.4, -0.2) is 15.3 Å². The normalized spacial score (nSPS) is 10.8. The largest absolute Gasteiger partial charge is 0.318 e. The molecule has 0 aliphatic rings. The number of imidazole rings is 1. The summed E-state index contributed by atoms with van der Waals surface area (Å²) in [4.78, 5) is 15.9. The number of rotatable bonds is 2. The van der Waals surface area contributed by atoms with E-state index in [9.17, 15) is 18.0 Å². The number of pyridine rings is 1. The average molecular weight is 291 g/mol. The zero-order valence-corrected chi connectivity index (χ0v) is 10.5. The van der Waals surface area contributed by atoms with Crippen LogP contribution in [0.2, 0.25) is 0 Å². The highest BCUT2D eigenvalue weighted by Gasteiger charge is 2.13. The van der Waals surface area contributed by atoms with Gasteiger partial charge in [-0.05, 0) is 24.3 Å². The minimum Gasteiger partial charge on any atom is -0.318 e. The van der Waals surface area contributed by atoms with Gasteiger partial charge in [0.2, 0.25) is 0 Å². The first-order valence-electron chi connectivity index (χ1n) is 5.93. The van der Waals surface area contributed by atoms with Crippen LogP contribution in [-0.2, 0) is 0 Å². The fourth-order valence-electron chi connectivity index (χ4n) is 1.85. The van der Waals surface area contributed by atoms with Crippen LogP contribution in [0.3, 0.4) is 0 Å². The molecule has 1 N–H and O–H groups in total. The number of halogens is 3. The number of fused-ring (bicyclic) bond motifs is 1. The van der Waals surface area contributed by atoms with Gasteiger partial charge in [-0.3, -0.25) is 4.79 Å². The van der Waals surface area contributed by atoms with E-state index in [2.05, 4.69) is 10.3 Å². The number of carbonyl (C=O) groups is 1. The Hall–Kier alpha value is -2.83. The Balaban J connectivity index is 1.89. The second-order valence-electron chi connectivity index (χ2n) is 4.32. The van der Waals surface area contributed by atoms with E-state index in [-0.39, 0.29) is 11.4 Å². The van der Waals surface area contributed by atoms with E-state index in [4.69, 9.17) is 0 Å². The Morgan fingerprint density at radius 3 is 2.57 bits per heavy atom. The third-order valence-electron chi connectivity index (χ3n) is 2.83. The van der Waals surface area contributed by atoms with Crippen molar-refractivity contribution in [2.24, 2.45) is 0 Å². The molecule has 0 atom stereocenters. The Bertz CT molecular complexity index is 845. The summed E-state index contributed by atoms with van der Waals surface area (Å²) < 4.78 is 40.6. The predicted octanol–water partition coefficient (Wildman–Crippen LogP) is 3.00. The van der Waals surface area contributed by atoms with Crippen LogP contribution in [0, 0.1) is 17.5 Å². The van der Waals surface area contributed by atoms with Crippen molar-refractivity contribution in [3.05, 3.63) is 65.9 Å². The number of benzene rings is 1. The molecule has 0 aliphatic heterocycles. The van der Waals surface area contributed by atoms with Crippen LogP contribution in [0.4, 0.5) is 18.9 Å². The highest BCUT2D eigenvalue weighted by Crippen LogP contribution is 2.16. The summed E-state index contributed by atoms with van der Waals surface area (Å²) in [6.45, 7) is 0. The SMILES string of the molecule is O=C(Nc1ccc(F)cc1F)c1cn2cc(F)ccc2n1. The van der Waals surface area contributed by atoms with Gasteiger partial charge in [-0.1, -0.05) is 0 Å². The lowest BCUT2D eigenvalue weighted by Crippen LogP contribution is -2.13. The number of nitrogens with one attached hydrogen (secondary N) is 1. The number of aromatic nitrogens is 2. The molecule has 0 radical (unpaired) electrons. The van der Waals surface area contributed by atoms with Crippen LogP contribution < -0.4 is 5.32 Å². The molecule has 3 rings (SSSR count). The molecule has 106 valence electrons. The third-order valence-corrected chi connectivity index (χ3v) is 2.83. The van der Waals surface area contributed by atoms with Gasteiger partial charge in [0.25, 0.3) is 5.91 Å². The lowest BCUT2D eigenvalue weighted by molar-refractivity contribution is 0.102. The predicted molar refractivity (Wildman–Crippen MR) is 69.5 cm³/mol. The van der Waals surface area contributed by atoms with Crippen molar-refractivity contribution in [3.8, 4) is 0 Å². The van der Waals surface area contributed by atoms with Crippen molar-refractivity contribution < 1.29 is 18.0 Å². The number of carbonyl (C=O) groups excluding carboxylic acids is 1. The molecule has 0 spiro atoms. The molecule has 1 aromatic carbocycles. The van der Waals surface area contributed by atoms with Gasteiger partial charge in [-0.25, -0.2) is 18.2 Å². The van der Waals surface area contributed by atoms with E-state index < -0.39 is 23.4 Å². The van der Waals surface area contributed by atoms with Crippen LogP contribution in [0.15, 0.2) is 42.7 Å². The molecule has 21 heavy (non-hydrogen) atoms. The van der Waals surface area contributed by atoms with E-state index in [1.165, 1.54) is 22.7 Å². The van der Waals surface area contributed by atoms with Crippen molar-refractivity contribution in [2.75, 3.05) is 5.32 Å². The first-order valence-corrected chi connectivity index (χ1v) is 5.93. The molecule has 0 bridgehead atoms. The molecule has 0 saturated heterocycles. The fourth-order valence-corrected chi connectivity index (χ4v) is 1.85. The number of nitrogens with zero attached hydrogens (tertiary/aromatic N) is 2. The second kappa shape index (κ2) is 4.93. The van der Waals surface area contributed by atoms with Crippen molar-refractivity contribution in [1.82, 2.24) is 9.38 Å². The monoisotopic (exact) mass is 291 g/mol. The summed E-state index contributed by atoms with van der Waals surface area (Å²) in [6.07, 6.45) is 2.48. The lowest BCUT2D eigenvalue weighted by atomic mass is 10.3. The van der Waals surface area contributed by atoms with E-state index in [1.54, 1.807) is 0 Å². The van der Waals surface area contributed by atoms with Gasteiger partial charge in [0, 0.05) is 18.5 Å². The van der Waals surface area contributed by atoms with Gasteiger partial charge >= 0.3 is 0 Å². The van der Waals surface area contributed by atoms with Crippen molar-refractivity contribution in [2.45, 2.75) is 0 Å². The highest BCUT2D eigenvalue weighted by atomic mass is 19.1. The third kappa shape index (κ3) is 2.58. The summed E-state index contributed by atoms with van der Waals surface area (Å²) in [5.74, 6) is -2.78. The Morgan fingerprint density at radius 1 is 1.05 bits per heavy atom. The number of anilines is 1. The standard InChI is InChI=1S/C14H8F3N3O/c15-8-1-3-11(10(17)5-8)19-14(21)12-7-20-6-9(16)2-4-13(20)18-12/h1-7H,(H,19,21). The van der Waals surface area contributed by atoms with Crippen LogP contribution >= 0.6 is 0 Å². The minimum absolute atomic E-state index is 0.00988. The van der Waals surface area contributed by atoms with Gasteiger partial charge in [-0.15, -0.1) is 0 Å². The van der Waals surface area contributed by atoms with Gasteiger partial charge in [0.1, 0.15) is 28.8 Å². The molecule has 0 saturated carbocycles. The maximum Gasteiger partial charge on any atom is 0.275 e. The topological polar surface area (TPSA) is 46.4 Å². The van der Waals surface area contributed by atoms with Gasteiger partial charge in [0.15, 0.2) is 0 Å². The minimum atomic E-state index is -0.891. The average Bonchev–Trinajstić information content (AvgIpc) is 2.85. The molecular weight excluding hydrogens is 283 g/mol. The quantitative estimate of drug-likeness (QED) is 0.789. The summed E-state index contributed by atoms with van der Waals surface area (Å²) in [6, 6.07) is 5.42. The lowest BCUT2D eigenvalue weighted by Gasteiger charge is -2.04. The Kier molecular flexibility index (Phi) is 3.09. The zero-order chi connectivity index (χ0) is 15.0. The van der Waals surface area contributed by atoms with Crippen molar-refractivity contribution in [1.29, 1.82) is 0 Å². The maximum absolute atomic E-state index is 13.5. The van der Waals surface area contributed by atoms with Crippen LogP contribution in [0.25, 0.3) is 5.65 Å². The van der Waals surface area contributed by atoms with Crippen LogP contribution in [0.5, 0.6) is 0 Å². The molecule has 1 amide bonds. The van der Waals surface area contributed by atoms with E-state index in [0.717, 1.165) is 18.3 Å². The van der Waals surface area contributed by atoms with Crippen LogP contribution in [0.1, 0.15) is 10.5 Å². The first-order chi connectivity index (χ1) is 10.0. The fraction of sp³-hybridized carbons (Fsp3) is 0. The zero-order valence-electron chi connectivity index (χ0n) is 10.5. The summed E-state index contributed by atoms with van der Waals surface area (Å²) in [5, 5.41) is 2.28. The molecule has 0 fully saturated rings. The van der Waals surface area contributed by atoms with Gasteiger partial charge in [-0.2, -0.15) is 0 Å². The maximum atomic E-state index is 13.5. The molecule has 2 aromatic heterocycles. The molecule has 0 unspecified atom stereocenters. The first kappa shape index (κ1) is 13.2. The highest BCUT2D eigenvalue weighted by molar-refractivity contribution is 6.03. The second-order valence-corrected chi connectivity index (χ2v) is 4.32. The summed E-state index contributed by atoms with van der Waals surface area (Å²) in [7, 11) is 0. The Labute approximate surface area is 116 Å².